The van der Waals surface area contributed by atoms with E-state index >= 15 is 0 Å². The molecule has 2 rings (SSSR count). The number of carbonyl (C=O) groups excluding carboxylic acids is 1. The molecule has 1 aromatic heterocycles. The van der Waals surface area contributed by atoms with Crippen molar-refractivity contribution >= 4 is 5.91 Å². The van der Waals surface area contributed by atoms with Crippen molar-refractivity contribution in [3.05, 3.63) is 53.6 Å². The zero-order valence-electron chi connectivity index (χ0n) is 10.3. The lowest BCUT2D eigenvalue weighted by molar-refractivity contribution is -0.120. The zero-order valence-corrected chi connectivity index (χ0v) is 10.3. The first-order valence-electron chi connectivity index (χ1n) is 5.74. The van der Waals surface area contributed by atoms with Crippen LogP contribution in [0.25, 0.3) is 0 Å². The molecule has 0 aliphatic rings. The van der Waals surface area contributed by atoms with Crippen LogP contribution >= 0.6 is 0 Å². The number of hydrogen-bond donors (Lipinski definition) is 1. The van der Waals surface area contributed by atoms with Crippen molar-refractivity contribution in [2.75, 3.05) is 0 Å². The molecule has 1 unspecified atom stereocenters. The molecule has 0 saturated heterocycles. The summed E-state index contributed by atoms with van der Waals surface area (Å²) in [5.41, 5.74) is 5.54. The Morgan fingerprint density at radius 2 is 2.21 bits per heavy atom. The van der Waals surface area contributed by atoms with E-state index in [-0.39, 0.29) is 6.42 Å². The molecule has 0 spiro atoms. The zero-order chi connectivity index (χ0) is 14.0. The molecule has 2 N–H and O–H groups in total. The summed E-state index contributed by atoms with van der Waals surface area (Å²) in [6.07, 6.45) is 3.28. The smallest absolute Gasteiger partial charge is 0.240 e. The number of benzene rings is 1. The van der Waals surface area contributed by atoms with Gasteiger partial charge in [0.2, 0.25) is 5.91 Å². The average molecular weight is 265 g/mol. The monoisotopic (exact) mass is 265 g/mol. The Morgan fingerprint density at radius 1 is 1.47 bits per heavy atom. The van der Waals surface area contributed by atoms with Gasteiger partial charge in [0.25, 0.3) is 0 Å². The van der Waals surface area contributed by atoms with Gasteiger partial charge in [-0.25, -0.2) is 13.8 Å². The summed E-state index contributed by atoms with van der Waals surface area (Å²) in [6.45, 7) is 1.63. The van der Waals surface area contributed by atoms with E-state index in [0.717, 1.165) is 6.07 Å². The molecule has 4 nitrogen and oxygen atoms in total. The molecule has 0 aliphatic heterocycles. The number of rotatable bonds is 4. The molecule has 1 amide bonds. The number of primary amides is 1. The molecule has 1 heterocycles. The highest BCUT2D eigenvalue weighted by molar-refractivity contribution is 5.77. The normalized spacial score (nSPS) is 12.4. The predicted molar refractivity (Wildman–Crippen MR) is 65.3 cm³/mol. The average Bonchev–Trinajstić information content (AvgIpc) is 2.79. The van der Waals surface area contributed by atoms with Crippen molar-refractivity contribution in [1.29, 1.82) is 0 Å². The van der Waals surface area contributed by atoms with Crippen LogP contribution < -0.4 is 5.73 Å². The Hall–Kier alpha value is -2.24. The number of halogens is 2. The van der Waals surface area contributed by atoms with Gasteiger partial charge < -0.3 is 10.3 Å². The lowest BCUT2D eigenvalue weighted by Gasteiger charge is -2.13. The summed E-state index contributed by atoms with van der Waals surface area (Å²) in [6, 6.07) is 2.79. The van der Waals surface area contributed by atoms with Gasteiger partial charge in [-0.2, -0.15) is 0 Å². The lowest BCUT2D eigenvalue weighted by Crippen LogP contribution is -2.25. The van der Waals surface area contributed by atoms with Gasteiger partial charge in [-0.05, 0) is 18.6 Å². The van der Waals surface area contributed by atoms with E-state index in [1.807, 2.05) is 0 Å². The van der Waals surface area contributed by atoms with Gasteiger partial charge in [0.15, 0.2) is 0 Å². The van der Waals surface area contributed by atoms with Crippen molar-refractivity contribution in [3.63, 3.8) is 0 Å². The number of carbonyl (C=O) groups is 1. The first-order valence-corrected chi connectivity index (χ1v) is 5.74. The third-order valence-electron chi connectivity index (χ3n) is 2.94. The van der Waals surface area contributed by atoms with Crippen molar-refractivity contribution in [2.45, 2.75) is 19.4 Å². The van der Waals surface area contributed by atoms with Gasteiger partial charge in [-0.3, -0.25) is 4.79 Å². The molecule has 2 aromatic rings. The molecule has 0 saturated carbocycles. The van der Waals surface area contributed by atoms with Crippen molar-refractivity contribution < 1.29 is 13.6 Å². The summed E-state index contributed by atoms with van der Waals surface area (Å²) >= 11 is 0. The number of nitrogens with zero attached hydrogens (tertiary/aromatic N) is 2. The van der Waals surface area contributed by atoms with Crippen LogP contribution in [0.3, 0.4) is 0 Å². The molecule has 1 atom stereocenters. The number of aromatic nitrogens is 2. The van der Waals surface area contributed by atoms with Crippen molar-refractivity contribution in [1.82, 2.24) is 9.55 Å². The minimum absolute atomic E-state index is 0.163. The second kappa shape index (κ2) is 5.17. The van der Waals surface area contributed by atoms with Crippen LogP contribution in [-0.2, 0) is 11.2 Å². The first kappa shape index (κ1) is 13.2. The maximum absolute atomic E-state index is 13.6. The van der Waals surface area contributed by atoms with E-state index in [0.29, 0.717) is 11.4 Å². The summed E-state index contributed by atoms with van der Waals surface area (Å²) < 4.78 is 28.0. The summed E-state index contributed by atoms with van der Waals surface area (Å²) in [7, 11) is 0. The highest BCUT2D eigenvalue weighted by Gasteiger charge is 2.16. The van der Waals surface area contributed by atoms with E-state index in [4.69, 9.17) is 5.73 Å². The second-order valence-electron chi connectivity index (χ2n) is 4.24. The summed E-state index contributed by atoms with van der Waals surface area (Å²) in [5.74, 6) is -1.27. The quantitative estimate of drug-likeness (QED) is 0.916. The molecule has 0 aliphatic carbocycles. The predicted octanol–water partition coefficient (Wildman–Crippen LogP) is 1.80. The van der Waals surface area contributed by atoms with Crippen LogP contribution in [-0.4, -0.2) is 15.5 Å². The number of amides is 1. The molecule has 0 bridgehead atoms. The van der Waals surface area contributed by atoms with E-state index in [1.54, 1.807) is 17.7 Å². The first-order chi connectivity index (χ1) is 8.99. The van der Waals surface area contributed by atoms with Gasteiger partial charge in [-0.1, -0.05) is 6.07 Å². The van der Waals surface area contributed by atoms with E-state index < -0.39 is 23.6 Å². The largest absolute Gasteiger partial charge is 0.368 e. The molecule has 6 heteroatoms. The highest BCUT2D eigenvalue weighted by Crippen LogP contribution is 2.16. The fourth-order valence-corrected chi connectivity index (χ4v) is 1.81. The standard InChI is InChI=1S/C13H13F2N3O/c1-8(13(16)19)18-5-4-17-12(18)6-9-2-3-10(14)7-11(9)15/h2-5,7-8H,6H2,1H3,(H2,16,19). The fraction of sp³-hybridized carbons (Fsp3) is 0.231. The van der Waals surface area contributed by atoms with Crippen LogP contribution in [0.2, 0.25) is 0 Å². The van der Waals surface area contributed by atoms with Crippen LogP contribution in [0.15, 0.2) is 30.6 Å². The van der Waals surface area contributed by atoms with Crippen LogP contribution in [0.1, 0.15) is 24.4 Å². The molecule has 0 fully saturated rings. The lowest BCUT2D eigenvalue weighted by atomic mass is 10.1. The molecular formula is C13H13F2N3O. The van der Waals surface area contributed by atoms with Crippen molar-refractivity contribution in [2.24, 2.45) is 5.73 Å². The van der Waals surface area contributed by atoms with Crippen molar-refractivity contribution in [3.8, 4) is 0 Å². The number of hydrogen-bond acceptors (Lipinski definition) is 2. The minimum Gasteiger partial charge on any atom is -0.368 e. The Labute approximate surface area is 108 Å². The Kier molecular flexibility index (Phi) is 3.59. The third kappa shape index (κ3) is 2.78. The highest BCUT2D eigenvalue weighted by atomic mass is 19.1. The molecule has 19 heavy (non-hydrogen) atoms. The number of nitrogens with two attached hydrogens (primary N) is 1. The third-order valence-corrected chi connectivity index (χ3v) is 2.94. The fourth-order valence-electron chi connectivity index (χ4n) is 1.81. The minimum atomic E-state index is -0.638. The Morgan fingerprint density at radius 3 is 2.84 bits per heavy atom. The van der Waals surface area contributed by atoms with Gasteiger partial charge in [0.1, 0.15) is 23.5 Å². The Balaban J connectivity index is 2.29. The molecule has 1 aromatic carbocycles. The van der Waals surface area contributed by atoms with Gasteiger partial charge >= 0.3 is 0 Å². The van der Waals surface area contributed by atoms with Crippen LogP contribution in [0, 0.1) is 11.6 Å². The maximum atomic E-state index is 13.6. The molecular weight excluding hydrogens is 252 g/mol. The summed E-state index contributed by atoms with van der Waals surface area (Å²) in [5, 5.41) is 0. The summed E-state index contributed by atoms with van der Waals surface area (Å²) in [4.78, 5) is 15.2. The van der Waals surface area contributed by atoms with E-state index in [1.165, 1.54) is 18.3 Å². The van der Waals surface area contributed by atoms with E-state index in [2.05, 4.69) is 4.98 Å². The van der Waals surface area contributed by atoms with E-state index in [9.17, 15) is 13.6 Å². The van der Waals surface area contributed by atoms with Crippen LogP contribution in [0.5, 0.6) is 0 Å². The molecule has 0 radical (unpaired) electrons. The SMILES string of the molecule is CC(C(N)=O)n1ccnc1Cc1ccc(F)cc1F. The second-order valence-corrected chi connectivity index (χ2v) is 4.24. The topological polar surface area (TPSA) is 60.9 Å². The van der Waals surface area contributed by atoms with Gasteiger partial charge in [-0.15, -0.1) is 0 Å². The Bertz CT molecular complexity index is 610. The maximum Gasteiger partial charge on any atom is 0.240 e. The number of imidazole rings is 1. The van der Waals surface area contributed by atoms with Crippen LogP contribution in [0.4, 0.5) is 8.78 Å². The molecule has 100 valence electrons. The van der Waals surface area contributed by atoms with Gasteiger partial charge in [0, 0.05) is 24.9 Å². The van der Waals surface area contributed by atoms with Gasteiger partial charge in [0.05, 0.1) is 0 Å².